The molecule has 0 saturated heterocycles. The monoisotopic (exact) mass is 188 g/mol. The molecular formula is C10H20O3. The van der Waals surface area contributed by atoms with Crippen LogP contribution in [-0.4, -0.2) is 18.4 Å². The third-order valence-corrected chi connectivity index (χ3v) is 2.09. The van der Waals surface area contributed by atoms with Crippen LogP contribution in [0.1, 0.15) is 41.0 Å². The maximum atomic E-state index is 11.1. The average Bonchev–Trinajstić information content (AvgIpc) is 2.03. The fraction of sp³-hybridized carbons (Fsp3) is 0.900. The van der Waals surface area contributed by atoms with Gasteiger partial charge in [0.1, 0.15) is 12.2 Å². The van der Waals surface area contributed by atoms with Crippen LogP contribution in [0.4, 0.5) is 4.79 Å². The van der Waals surface area contributed by atoms with Gasteiger partial charge in [-0.1, -0.05) is 20.8 Å². The predicted octanol–water partition coefficient (Wildman–Crippen LogP) is 2.98. The van der Waals surface area contributed by atoms with E-state index in [-0.39, 0.29) is 12.2 Å². The minimum absolute atomic E-state index is 0.0631. The third kappa shape index (κ3) is 5.50. The number of carbonyl (C=O) groups excluding carboxylic acids is 1. The summed E-state index contributed by atoms with van der Waals surface area (Å²) in [4.78, 5) is 11.1. The molecule has 0 aliphatic carbocycles. The summed E-state index contributed by atoms with van der Waals surface area (Å²) in [5.41, 5.74) is 0. The molecule has 0 aliphatic heterocycles. The van der Waals surface area contributed by atoms with Gasteiger partial charge in [0, 0.05) is 0 Å². The summed E-state index contributed by atoms with van der Waals surface area (Å²) in [5, 5.41) is 0. The topological polar surface area (TPSA) is 35.5 Å². The molecule has 0 radical (unpaired) electrons. The Morgan fingerprint density at radius 2 is 1.69 bits per heavy atom. The molecule has 2 atom stereocenters. The van der Waals surface area contributed by atoms with Crippen molar-refractivity contribution in [3.8, 4) is 0 Å². The van der Waals surface area contributed by atoms with Crippen LogP contribution in [-0.2, 0) is 9.47 Å². The van der Waals surface area contributed by atoms with E-state index in [9.17, 15) is 4.79 Å². The molecule has 3 heteroatoms. The summed E-state index contributed by atoms with van der Waals surface area (Å²) in [5.74, 6) is 0.324. The molecule has 0 heterocycles. The summed E-state index contributed by atoms with van der Waals surface area (Å²) >= 11 is 0. The maximum Gasteiger partial charge on any atom is 0.508 e. The van der Waals surface area contributed by atoms with Gasteiger partial charge >= 0.3 is 6.16 Å². The minimum atomic E-state index is -0.560. The van der Waals surface area contributed by atoms with E-state index in [1.54, 1.807) is 0 Å². The molecule has 0 aliphatic rings. The van der Waals surface area contributed by atoms with Gasteiger partial charge in [0.2, 0.25) is 0 Å². The van der Waals surface area contributed by atoms with E-state index in [0.717, 1.165) is 6.42 Å². The van der Waals surface area contributed by atoms with Gasteiger partial charge in [0.25, 0.3) is 0 Å². The molecule has 0 aromatic rings. The lowest BCUT2D eigenvalue weighted by Gasteiger charge is -2.17. The zero-order valence-electron chi connectivity index (χ0n) is 9.16. The van der Waals surface area contributed by atoms with Gasteiger partial charge in [0.15, 0.2) is 0 Å². The average molecular weight is 188 g/mol. The van der Waals surface area contributed by atoms with Crippen molar-refractivity contribution in [3.63, 3.8) is 0 Å². The van der Waals surface area contributed by atoms with Crippen molar-refractivity contribution in [3.05, 3.63) is 0 Å². The van der Waals surface area contributed by atoms with Gasteiger partial charge in [0.05, 0.1) is 0 Å². The number of ether oxygens (including phenoxy) is 2. The highest BCUT2D eigenvalue weighted by Crippen LogP contribution is 2.07. The van der Waals surface area contributed by atoms with E-state index < -0.39 is 6.16 Å². The first-order chi connectivity index (χ1) is 5.97. The van der Waals surface area contributed by atoms with Crippen molar-refractivity contribution >= 4 is 6.16 Å². The summed E-state index contributed by atoms with van der Waals surface area (Å²) in [6, 6.07) is 0. The zero-order valence-corrected chi connectivity index (χ0v) is 9.16. The summed E-state index contributed by atoms with van der Waals surface area (Å²) in [7, 11) is 0. The van der Waals surface area contributed by atoms with Crippen LogP contribution in [0.25, 0.3) is 0 Å². The van der Waals surface area contributed by atoms with Crippen LogP contribution < -0.4 is 0 Å². The Hall–Kier alpha value is -0.730. The van der Waals surface area contributed by atoms with Crippen LogP contribution in [0.5, 0.6) is 0 Å². The second-order valence-corrected chi connectivity index (χ2v) is 3.65. The third-order valence-electron chi connectivity index (χ3n) is 2.09. The lowest BCUT2D eigenvalue weighted by atomic mass is 10.1. The molecule has 0 aromatic heterocycles. The molecule has 0 unspecified atom stereocenters. The van der Waals surface area contributed by atoms with Gasteiger partial charge in [-0.25, -0.2) is 4.79 Å². The van der Waals surface area contributed by atoms with E-state index in [0.29, 0.717) is 5.92 Å². The number of carbonyl (C=O) groups is 1. The first kappa shape index (κ1) is 12.3. The fourth-order valence-corrected chi connectivity index (χ4v) is 0.563. The molecule has 78 valence electrons. The lowest BCUT2D eigenvalue weighted by Crippen LogP contribution is -2.23. The van der Waals surface area contributed by atoms with Gasteiger partial charge in [-0.3, -0.25) is 0 Å². The van der Waals surface area contributed by atoms with Crippen LogP contribution in [0, 0.1) is 5.92 Å². The highest BCUT2D eigenvalue weighted by molar-refractivity contribution is 5.60. The van der Waals surface area contributed by atoms with Crippen molar-refractivity contribution in [2.75, 3.05) is 0 Å². The molecule has 0 N–H and O–H groups in total. The summed E-state index contributed by atoms with van der Waals surface area (Å²) in [6.07, 6.45) is 0.101. The first-order valence-electron chi connectivity index (χ1n) is 4.84. The quantitative estimate of drug-likeness (QED) is 0.636. The molecule has 0 spiro atoms. The van der Waals surface area contributed by atoms with Crippen LogP contribution in [0.2, 0.25) is 0 Å². The molecule has 0 rings (SSSR count). The Morgan fingerprint density at radius 1 is 1.15 bits per heavy atom. The van der Waals surface area contributed by atoms with Crippen LogP contribution >= 0.6 is 0 Å². The Kier molecular flexibility index (Phi) is 5.51. The minimum Gasteiger partial charge on any atom is -0.431 e. The molecule has 3 nitrogen and oxygen atoms in total. The fourth-order valence-electron chi connectivity index (χ4n) is 0.563. The molecule has 0 amide bonds. The standard InChI is InChI=1S/C10H20O3/c1-6-8(4)12-10(11)13-9(5)7(2)3/h7-9H,6H2,1-5H3/t8-,9-/m0/s1. The number of hydrogen-bond donors (Lipinski definition) is 0. The smallest absolute Gasteiger partial charge is 0.431 e. The summed E-state index contributed by atoms with van der Waals surface area (Å²) < 4.78 is 9.98. The highest BCUT2D eigenvalue weighted by atomic mass is 16.7. The van der Waals surface area contributed by atoms with E-state index in [2.05, 4.69) is 0 Å². The Labute approximate surface area is 80.4 Å². The van der Waals surface area contributed by atoms with E-state index >= 15 is 0 Å². The molecule has 0 fully saturated rings. The Balaban J connectivity index is 3.74. The Morgan fingerprint density at radius 3 is 2.08 bits per heavy atom. The first-order valence-corrected chi connectivity index (χ1v) is 4.84. The summed E-state index contributed by atoms with van der Waals surface area (Å²) in [6.45, 7) is 9.68. The number of hydrogen-bond acceptors (Lipinski definition) is 3. The van der Waals surface area contributed by atoms with Crippen molar-refractivity contribution in [1.29, 1.82) is 0 Å². The number of rotatable bonds is 4. The molecule has 0 aromatic carbocycles. The van der Waals surface area contributed by atoms with Crippen LogP contribution in [0.15, 0.2) is 0 Å². The zero-order chi connectivity index (χ0) is 10.4. The van der Waals surface area contributed by atoms with Crippen molar-refractivity contribution in [2.24, 2.45) is 5.92 Å². The second-order valence-electron chi connectivity index (χ2n) is 3.65. The van der Waals surface area contributed by atoms with Gasteiger partial charge in [-0.15, -0.1) is 0 Å². The van der Waals surface area contributed by atoms with Gasteiger partial charge in [-0.05, 0) is 26.2 Å². The Bertz CT molecular complexity index is 154. The van der Waals surface area contributed by atoms with E-state index in [1.807, 2.05) is 34.6 Å². The molecule has 0 saturated carbocycles. The second kappa shape index (κ2) is 5.84. The van der Waals surface area contributed by atoms with Crippen molar-refractivity contribution in [1.82, 2.24) is 0 Å². The SMILES string of the molecule is CC[C@H](C)OC(=O)O[C@@H](C)C(C)C. The van der Waals surface area contributed by atoms with Crippen LogP contribution in [0.3, 0.4) is 0 Å². The highest BCUT2D eigenvalue weighted by Gasteiger charge is 2.15. The normalized spacial score (nSPS) is 15.2. The van der Waals surface area contributed by atoms with Crippen molar-refractivity contribution < 1.29 is 14.3 Å². The molecular weight excluding hydrogens is 168 g/mol. The maximum absolute atomic E-state index is 11.1. The lowest BCUT2D eigenvalue weighted by molar-refractivity contribution is -0.00483. The molecule has 13 heavy (non-hydrogen) atoms. The van der Waals surface area contributed by atoms with E-state index in [4.69, 9.17) is 9.47 Å². The van der Waals surface area contributed by atoms with Gasteiger partial charge in [-0.2, -0.15) is 0 Å². The predicted molar refractivity (Wildman–Crippen MR) is 51.6 cm³/mol. The largest absolute Gasteiger partial charge is 0.508 e. The van der Waals surface area contributed by atoms with Crippen molar-refractivity contribution in [2.45, 2.75) is 53.2 Å². The van der Waals surface area contributed by atoms with E-state index in [1.165, 1.54) is 0 Å². The van der Waals surface area contributed by atoms with Gasteiger partial charge < -0.3 is 9.47 Å². The molecule has 0 bridgehead atoms.